The maximum absolute atomic E-state index is 13.4. The van der Waals surface area contributed by atoms with Gasteiger partial charge in [-0.1, -0.05) is 36.4 Å². The second-order valence-corrected chi connectivity index (χ2v) is 8.42. The molecule has 0 aliphatic heterocycles. The SMILES string of the molecule is CN=C(NCCS(=O)Cc1ccccc1)NCc1ccc(F)cc1CSC.I. The first kappa shape index (κ1) is 24.9. The quantitative estimate of drug-likeness (QED) is 0.291. The highest BCUT2D eigenvalue weighted by Gasteiger charge is 2.06. The first-order valence-corrected chi connectivity index (χ1v) is 11.6. The predicted octanol–water partition coefficient (Wildman–Crippen LogP) is 3.92. The Bertz CT molecular complexity index is 775. The Morgan fingerprint density at radius 1 is 1.14 bits per heavy atom. The summed E-state index contributed by atoms with van der Waals surface area (Å²) in [7, 11) is 0.770. The number of rotatable bonds is 9. The molecule has 2 N–H and O–H groups in total. The van der Waals surface area contributed by atoms with E-state index in [2.05, 4.69) is 15.6 Å². The summed E-state index contributed by atoms with van der Waals surface area (Å²) in [5, 5.41) is 6.42. The van der Waals surface area contributed by atoms with Crippen molar-refractivity contribution in [3.63, 3.8) is 0 Å². The first-order valence-electron chi connectivity index (χ1n) is 8.72. The average molecular weight is 535 g/mol. The molecule has 28 heavy (non-hydrogen) atoms. The van der Waals surface area contributed by atoms with E-state index in [1.54, 1.807) is 30.9 Å². The summed E-state index contributed by atoms with van der Waals surface area (Å²) in [4.78, 5) is 4.19. The van der Waals surface area contributed by atoms with Crippen molar-refractivity contribution in [3.05, 3.63) is 71.0 Å². The number of hydrogen-bond donors (Lipinski definition) is 2. The minimum atomic E-state index is -0.928. The zero-order valence-corrected chi connectivity index (χ0v) is 20.1. The Balaban J connectivity index is 0.00000392. The maximum Gasteiger partial charge on any atom is 0.191 e. The van der Waals surface area contributed by atoms with Gasteiger partial charge in [-0.2, -0.15) is 11.8 Å². The molecule has 2 rings (SSSR count). The fourth-order valence-corrected chi connectivity index (χ4v) is 4.19. The lowest BCUT2D eigenvalue weighted by Gasteiger charge is -2.14. The van der Waals surface area contributed by atoms with Crippen molar-refractivity contribution < 1.29 is 8.60 Å². The third kappa shape index (κ3) is 8.91. The summed E-state index contributed by atoms with van der Waals surface area (Å²) >= 11 is 1.66. The van der Waals surface area contributed by atoms with Crippen LogP contribution < -0.4 is 10.6 Å². The molecule has 0 bridgehead atoms. The Morgan fingerprint density at radius 3 is 2.57 bits per heavy atom. The van der Waals surface area contributed by atoms with Gasteiger partial charge in [0, 0.05) is 48.2 Å². The molecule has 0 spiro atoms. The average Bonchev–Trinajstić information content (AvgIpc) is 2.67. The van der Waals surface area contributed by atoms with E-state index < -0.39 is 10.8 Å². The fraction of sp³-hybridized carbons (Fsp3) is 0.350. The van der Waals surface area contributed by atoms with E-state index in [9.17, 15) is 8.60 Å². The van der Waals surface area contributed by atoms with Gasteiger partial charge < -0.3 is 10.6 Å². The summed E-state index contributed by atoms with van der Waals surface area (Å²) in [5.74, 6) is 2.29. The maximum atomic E-state index is 13.4. The van der Waals surface area contributed by atoms with Gasteiger partial charge in [-0.25, -0.2) is 4.39 Å². The third-order valence-corrected chi connectivity index (χ3v) is 5.85. The molecule has 154 valence electrons. The molecule has 0 heterocycles. The van der Waals surface area contributed by atoms with Crippen LogP contribution in [0.3, 0.4) is 0 Å². The van der Waals surface area contributed by atoms with Crippen LogP contribution in [0.5, 0.6) is 0 Å². The van der Waals surface area contributed by atoms with Crippen LogP contribution in [0.1, 0.15) is 16.7 Å². The van der Waals surface area contributed by atoms with Gasteiger partial charge >= 0.3 is 0 Å². The molecule has 2 aromatic rings. The Morgan fingerprint density at radius 2 is 1.89 bits per heavy atom. The van der Waals surface area contributed by atoms with Crippen LogP contribution in [0.4, 0.5) is 4.39 Å². The largest absolute Gasteiger partial charge is 0.355 e. The zero-order chi connectivity index (χ0) is 19.5. The Labute approximate surface area is 190 Å². The van der Waals surface area contributed by atoms with Gasteiger partial charge in [0.25, 0.3) is 0 Å². The molecular formula is C20H27FIN3OS2. The van der Waals surface area contributed by atoms with Gasteiger partial charge in [-0.15, -0.1) is 24.0 Å². The number of aliphatic imine (C=N–C) groups is 1. The Hall–Kier alpha value is -1.13. The van der Waals surface area contributed by atoms with Gasteiger partial charge in [0.1, 0.15) is 5.82 Å². The van der Waals surface area contributed by atoms with Crippen LogP contribution in [-0.2, 0) is 28.9 Å². The summed E-state index contributed by atoms with van der Waals surface area (Å²) in [5.41, 5.74) is 3.10. The highest BCUT2D eigenvalue weighted by molar-refractivity contribution is 14.0. The van der Waals surface area contributed by atoms with Crippen molar-refractivity contribution in [1.29, 1.82) is 0 Å². The monoisotopic (exact) mass is 535 g/mol. The number of hydrogen-bond acceptors (Lipinski definition) is 3. The van der Waals surface area contributed by atoms with Crippen molar-refractivity contribution >= 4 is 52.5 Å². The summed E-state index contributed by atoms with van der Waals surface area (Å²) < 4.78 is 25.6. The van der Waals surface area contributed by atoms with Crippen LogP contribution in [0, 0.1) is 5.82 Å². The van der Waals surface area contributed by atoms with Gasteiger partial charge in [0.15, 0.2) is 5.96 Å². The van der Waals surface area contributed by atoms with Gasteiger partial charge in [0.2, 0.25) is 0 Å². The predicted molar refractivity (Wildman–Crippen MR) is 130 cm³/mol. The van der Waals surface area contributed by atoms with Crippen LogP contribution in [0.15, 0.2) is 53.5 Å². The number of thioether (sulfide) groups is 1. The lowest BCUT2D eigenvalue weighted by Crippen LogP contribution is -2.38. The van der Waals surface area contributed by atoms with Crippen LogP contribution >= 0.6 is 35.7 Å². The van der Waals surface area contributed by atoms with E-state index in [0.29, 0.717) is 30.6 Å². The van der Waals surface area contributed by atoms with Crippen molar-refractivity contribution in [2.75, 3.05) is 25.6 Å². The van der Waals surface area contributed by atoms with Crippen LogP contribution in [-0.4, -0.2) is 35.8 Å². The molecule has 2 aromatic carbocycles. The minimum Gasteiger partial charge on any atom is -0.355 e. The van der Waals surface area contributed by atoms with Gasteiger partial charge in [-0.3, -0.25) is 9.20 Å². The van der Waals surface area contributed by atoms with Crippen molar-refractivity contribution in [3.8, 4) is 0 Å². The van der Waals surface area contributed by atoms with E-state index in [-0.39, 0.29) is 29.8 Å². The van der Waals surface area contributed by atoms with E-state index in [0.717, 1.165) is 22.4 Å². The highest BCUT2D eigenvalue weighted by Crippen LogP contribution is 2.16. The van der Waals surface area contributed by atoms with Crippen molar-refractivity contribution in [2.24, 2.45) is 4.99 Å². The standard InChI is InChI=1S/C20H26FN3OS2.HI/c1-22-20(23-10-11-27(25)15-16-6-4-3-5-7-16)24-13-17-8-9-19(21)12-18(17)14-26-2;/h3-9,12H,10-11,13-15H2,1-2H3,(H2,22,23,24);1H. The number of halogens is 2. The molecule has 0 aliphatic rings. The van der Waals surface area contributed by atoms with Crippen molar-refractivity contribution in [1.82, 2.24) is 10.6 Å². The van der Waals surface area contributed by atoms with E-state index >= 15 is 0 Å². The molecule has 4 nitrogen and oxygen atoms in total. The highest BCUT2D eigenvalue weighted by atomic mass is 127. The van der Waals surface area contributed by atoms with E-state index in [1.165, 1.54) is 6.07 Å². The summed E-state index contributed by atoms with van der Waals surface area (Å²) in [6.07, 6.45) is 2.00. The topological polar surface area (TPSA) is 53.5 Å². The number of benzene rings is 2. The second kappa shape index (κ2) is 13.9. The second-order valence-electron chi connectivity index (χ2n) is 5.97. The van der Waals surface area contributed by atoms with Gasteiger partial charge in [-0.05, 0) is 35.1 Å². The lowest BCUT2D eigenvalue weighted by molar-refractivity contribution is 0.625. The van der Waals surface area contributed by atoms with Crippen LogP contribution in [0.25, 0.3) is 0 Å². The Kier molecular flexibility index (Phi) is 12.4. The molecule has 0 fully saturated rings. The molecule has 0 aromatic heterocycles. The smallest absolute Gasteiger partial charge is 0.191 e. The number of nitrogens with zero attached hydrogens (tertiary/aromatic N) is 1. The molecular weight excluding hydrogens is 508 g/mol. The lowest BCUT2D eigenvalue weighted by atomic mass is 10.1. The zero-order valence-electron chi connectivity index (χ0n) is 16.1. The normalized spacial score (nSPS) is 12.2. The molecule has 1 unspecified atom stereocenters. The molecule has 0 saturated carbocycles. The van der Waals surface area contributed by atoms with E-state index in [1.807, 2.05) is 36.6 Å². The van der Waals surface area contributed by atoms with Crippen molar-refractivity contribution in [2.45, 2.75) is 18.1 Å². The molecule has 0 radical (unpaired) electrons. The molecule has 0 aliphatic carbocycles. The van der Waals surface area contributed by atoms with Crippen LogP contribution in [0.2, 0.25) is 0 Å². The number of nitrogens with one attached hydrogen (secondary N) is 2. The molecule has 0 amide bonds. The molecule has 0 saturated heterocycles. The number of guanidine groups is 1. The minimum absolute atomic E-state index is 0. The molecule has 8 heteroatoms. The third-order valence-electron chi connectivity index (χ3n) is 3.93. The first-order chi connectivity index (χ1) is 13.1. The summed E-state index contributed by atoms with van der Waals surface area (Å²) in [6, 6.07) is 14.7. The van der Waals surface area contributed by atoms with Gasteiger partial charge in [0.05, 0.1) is 0 Å². The summed E-state index contributed by atoms with van der Waals surface area (Å²) in [6.45, 7) is 1.13. The molecule has 1 atom stereocenters. The van der Waals surface area contributed by atoms with E-state index in [4.69, 9.17) is 0 Å². The fourth-order valence-electron chi connectivity index (χ4n) is 2.57.